The SMILES string of the molecule is CC(=O)c1cc(Br)c2c(c1)N(C)C(=O)CO2. The van der Waals surface area contributed by atoms with E-state index in [-0.39, 0.29) is 18.3 Å². The molecule has 0 aromatic heterocycles. The maximum absolute atomic E-state index is 11.4. The van der Waals surface area contributed by atoms with E-state index in [1.807, 2.05) is 0 Å². The van der Waals surface area contributed by atoms with E-state index in [9.17, 15) is 9.59 Å². The van der Waals surface area contributed by atoms with Gasteiger partial charge in [-0.2, -0.15) is 0 Å². The Bertz CT molecular complexity index is 484. The number of carbonyl (C=O) groups excluding carboxylic acids is 2. The van der Waals surface area contributed by atoms with Crippen molar-refractivity contribution in [2.75, 3.05) is 18.6 Å². The van der Waals surface area contributed by atoms with Crippen LogP contribution in [0.5, 0.6) is 5.75 Å². The number of hydrogen-bond donors (Lipinski definition) is 0. The monoisotopic (exact) mass is 283 g/mol. The summed E-state index contributed by atoms with van der Waals surface area (Å²) < 4.78 is 6.01. The number of ether oxygens (including phenoxy) is 1. The lowest BCUT2D eigenvalue weighted by atomic mass is 10.1. The molecular weight excluding hydrogens is 274 g/mol. The summed E-state index contributed by atoms with van der Waals surface area (Å²) in [7, 11) is 1.67. The first-order valence-electron chi connectivity index (χ1n) is 4.74. The number of halogens is 1. The normalized spacial score (nSPS) is 14.4. The van der Waals surface area contributed by atoms with Gasteiger partial charge < -0.3 is 9.64 Å². The number of nitrogens with zero attached hydrogens (tertiary/aromatic N) is 1. The second kappa shape index (κ2) is 3.90. The zero-order chi connectivity index (χ0) is 11.9. The Balaban J connectivity index is 2.60. The molecule has 1 aliphatic heterocycles. The summed E-state index contributed by atoms with van der Waals surface area (Å²) in [4.78, 5) is 24.3. The number of anilines is 1. The smallest absolute Gasteiger partial charge is 0.264 e. The number of Topliss-reactive ketones (excluding diaryl/α,β-unsaturated/α-hetero) is 1. The van der Waals surface area contributed by atoms with Gasteiger partial charge in [0, 0.05) is 12.6 Å². The number of rotatable bonds is 1. The summed E-state index contributed by atoms with van der Waals surface area (Å²) in [6.07, 6.45) is 0. The first-order chi connectivity index (χ1) is 7.50. The van der Waals surface area contributed by atoms with E-state index in [2.05, 4.69) is 15.9 Å². The Morgan fingerprint density at radius 1 is 1.50 bits per heavy atom. The van der Waals surface area contributed by atoms with Crippen LogP contribution in [0, 0.1) is 0 Å². The summed E-state index contributed by atoms with van der Waals surface area (Å²) in [6.45, 7) is 1.52. The van der Waals surface area contributed by atoms with Crippen molar-refractivity contribution >= 4 is 33.3 Å². The molecule has 4 nitrogen and oxygen atoms in total. The average Bonchev–Trinajstić information content (AvgIpc) is 2.23. The highest BCUT2D eigenvalue weighted by molar-refractivity contribution is 9.10. The van der Waals surface area contributed by atoms with Gasteiger partial charge in [0.1, 0.15) is 0 Å². The lowest BCUT2D eigenvalue weighted by Gasteiger charge is -2.27. The van der Waals surface area contributed by atoms with E-state index in [0.29, 0.717) is 21.5 Å². The Hall–Kier alpha value is -1.36. The molecule has 1 aromatic carbocycles. The molecule has 1 aliphatic rings. The summed E-state index contributed by atoms with van der Waals surface area (Å²) >= 11 is 3.33. The average molecular weight is 284 g/mol. The number of hydrogen-bond acceptors (Lipinski definition) is 3. The highest BCUT2D eigenvalue weighted by atomic mass is 79.9. The van der Waals surface area contributed by atoms with Crippen LogP contribution in [0.4, 0.5) is 5.69 Å². The number of amides is 1. The Morgan fingerprint density at radius 2 is 2.19 bits per heavy atom. The molecule has 0 aliphatic carbocycles. The van der Waals surface area contributed by atoms with Gasteiger partial charge in [0.15, 0.2) is 18.1 Å². The van der Waals surface area contributed by atoms with Crippen molar-refractivity contribution < 1.29 is 14.3 Å². The van der Waals surface area contributed by atoms with E-state index in [1.165, 1.54) is 11.8 Å². The number of benzene rings is 1. The fraction of sp³-hybridized carbons (Fsp3) is 0.273. The second-order valence-electron chi connectivity index (χ2n) is 3.60. The molecular formula is C11H10BrNO3. The van der Waals surface area contributed by atoms with E-state index in [0.717, 1.165) is 0 Å². The Labute approximate surface area is 101 Å². The van der Waals surface area contributed by atoms with Crippen molar-refractivity contribution in [1.29, 1.82) is 0 Å². The van der Waals surface area contributed by atoms with Gasteiger partial charge in [-0.05, 0) is 35.0 Å². The van der Waals surface area contributed by atoms with Crippen LogP contribution in [-0.4, -0.2) is 25.3 Å². The summed E-state index contributed by atoms with van der Waals surface area (Å²) in [6, 6.07) is 3.37. The minimum atomic E-state index is -0.125. The molecule has 84 valence electrons. The number of fused-ring (bicyclic) bond motifs is 1. The molecule has 0 atom stereocenters. The van der Waals surface area contributed by atoms with Crippen molar-refractivity contribution in [1.82, 2.24) is 0 Å². The fourth-order valence-electron chi connectivity index (χ4n) is 1.54. The van der Waals surface area contributed by atoms with E-state index in [4.69, 9.17) is 4.74 Å². The number of ketones is 1. The molecule has 0 bridgehead atoms. The molecule has 0 N–H and O–H groups in total. The molecule has 0 spiro atoms. The van der Waals surface area contributed by atoms with Gasteiger partial charge in [0.2, 0.25) is 0 Å². The predicted octanol–water partition coefficient (Wildman–Crippen LogP) is 2.01. The van der Waals surface area contributed by atoms with Crippen LogP contribution >= 0.6 is 15.9 Å². The Morgan fingerprint density at radius 3 is 2.81 bits per heavy atom. The maximum Gasteiger partial charge on any atom is 0.264 e. The number of likely N-dealkylation sites (N-methyl/N-ethyl adjacent to an activating group) is 1. The molecule has 1 aromatic rings. The highest BCUT2D eigenvalue weighted by Crippen LogP contribution is 2.39. The standard InChI is InChI=1S/C11H10BrNO3/c1-6(14)7-3-8(12)11-9(4-7)13(2)10(15)5-16-11/h3-4H,5H2,1-2H3. The molecule has 0 saturated heterocycles. The van der Waals surface area contributed by atoms with Crippen LogP contribution in [-0.2, 0) is 4.79 Å². The van der Waals surface area contributed by atoms with Crippen LogP contribution in [0.2, 0.25) is 0 Å². The molecule has 2 rings (SSSR count). The van der Waals surface area contributed by atoms with Crippen molar-refractivity contribution in [2.24, 2.45) is 0 Å². The minimum Gasteiger partial charge on any atom is -0.480 e. The minimum absolute atomic E-state index is 0.0293. The predicted molar refractivity (Wildman–Crippen MR) is 63.1 cm³/mol. The van der Waals surface area contributed by atoms with Crippen LogP contribution in [0.3, 0.4) is 0 Å². The fourth-order valence-corrected chi connectivity index (χ4v) is 2.10. The summed E-state index contributed by atoms with van der Waals surface area (Å²) in [5.41, 5.74) is 1.17. The van der Waals surface area contributed by atoms with Crippen molar-refractivity contribution in [3.05, 3.63) is 22.2 Å². The molecule has 0 saturated carbocycles. The molecule has 5 heteroatoms. The molecule has 0 radical (unpaired) electrons. The Kier molecular flexibility index (Phi) is 2.71. The van der Waals surface area contributed by atoms with Crippen LogP contribution in [0.25, 0.3) is 0 Å². The molecule has 16 heavy (non-hydrogen) atoms. The van der Waals surface area contributed by atoms with Gasteiger partial charge in [-0.3, -0.25) is 9.59 Å². The van der Waals surface area contributed by atoms with Crippen molar-refractivity contribution in [2.45, 2.75) is 6.92 Å². The molecule has 0 fully saturated rings. The third-order valence-electron chi connectivity index (χ3n) is 2.51. The van der Waals surface area contributed by atoms with Gasteiger partial charge in [-0.25, -0.2) is 0 Å². The second-order valence-corrected chi connectivity index (χ2v) is 4.46. The third kappa shape index (κ3) is 1.71. The van der Waals surface area contributed by atoms with Gasteiger partial charge in [-0.1, -0.05) is 0 Å². The highest BCUT2D eigenvalue weighted by Gasteiger charge is 2.25. The van der Waals surface area contributed by atoms with E-state index in [1.54, 1.807) is 19.2 Å². The zero-order valence-electron chi connectivity index (χ0n) is 8.91. The first-order valence-corrected chi connectivity index (χ1v) is 5.54. The third-order valence-corrected chi connectivity index (χ3v) is 3.10. The lowest BCUT2D eigenvalue weighted by molar-refractivity contribution is -0.121. The van der Waals surface area contributed by atoms with Crippen LogP contribution < -0.4 is 9.64 Å². The van der Waals surface area contributed by atoms with E-state index >= 15 is 0 Å². The molecule has 1 amide bonds. The van der Waals surface area contributed by atoms with Gasteiger partial charge in [0.05, 0.1) is 10.2 Å². The van der Waals surface area contributed by atoms with Crippen LogP contribution in [0.1, 0.15) is 17.3 Å². The summed E-state index contributed by atoms with van der Waals surface area (Å²) in [5, 5.41) is 0. The quantitative estimate of drug-likeness (QED) is 0.741. The number of carbonyl (C=O) groups is 2. The zero-order valence-corrected chi connectivity index (χ0v) is 10.5. The van der Waals surface area contributed by atoms with E-state index < -0.39 is 0 Å². The topological polar surface area (TPSA) is 46.6 Å². The first kappa shape index (κ1) is 11.1. The molecule has 0 unspecified atom stereocenters. The largest absolute Gasteiger partial charge is 0.480 e. The lowest BCUT2D eigenvalue weighted by Crippen LogP contribution is -2.35. The van der Waals surface area contributed by atoms with Crippen molar-refractivity contribution in [3.8, 4) is 5.75 Å². The van der Waals surface area contributed by atoms with Crippen molar-refractivity contribution in [3.63, 3.8) is 0 Å². The van der Waals surface area contributed by atoms with Gasteiger partial charge in [0.25, 0.3) is 5.91 Å². The summed E-state index contributed by atoms with van der Waals surface area (Å²) in [5.74, 6) is 0.433. The van der Waals surface area contributed by atoms with Gasteiger partial charge in [-0.15, -0.1) is 0 Å². The maximum atomic E-state index is 11.4. The van der Waals surface area contributed by atoms with Gasteiger partial charge >= 0.3 is 0 Å². The molecule has 1 heterocycles. The van der Waals surface area contributed by atoms with Crippen LogP contribution in [0.15, 0.2) is 16.6 Å².